The Morgan fingerprint density at radius 2 is 1.72 bits per heavy atom. The van der Waals surface area contributed by atoms with Crippen molar-refractivity contribution >= 4 is 40.7 Å². The number of fused-ring (bicyclic) bond motifs is 1. The number of halogens is 2. The molecule has 1 saturated heterocycles. The van der Waals surface area contributed by atoms with Gasteiger partial charge in [0.15, 0.2) is 0 Å². The first kappa shape index (κ1) is 33.0. The van der Waals surface area contributed by atoms with Crippen molar-refractivity contribution in [3.8, 4) is 50.8 Å². The molecule has 12 nitrogen and oxygen atoms in total. The van der Waals surface area contributed by atoms with Crippen molar-refractivity contribution in [1.29, 1.82) is 0 Å². The van der Waals surface area contributed by atoms with Crippen LogP contribution in [0.25, 0.3) is 50.5 Å². The number of benzene rings is 2. The van der Waals surface area contributed by atoms with Crippen LogP contribution >= 0.6 is 23.2 Å². The summed E-state index contributed by atoms with van der Waals surface area (Å²) < 4.78 is 6.98. The molecule has 1 aliphatic rings. The summed E-state index contributed by atoms with van der Waals surface area (Å²) in [5.74, 6) is -0.518. The van der Waals surface area contributed by atoms with Gasteiger partial charge < -0.3 is 25.5 Å². The van der Waals surface area contributed by atoms with Crippen molar-refractivity contribution in [2.45, 2.75) is 25.4 Å². The summed E-state index contributed by atoms with van der Waals surface area (Å²) in [6.07, 6.45) is 5.47. The van der Waals surface area contributed by atoms with Gasteiger partial charge in [-0.15, -0.1) is 0 Å². The first-order valence-electron chi connectivity index (χ1n) is 15.6. The molecule has 4 N–H and O–H groups in total. The SMILES string of the molecule is COc1nc(-c2cccc(-c3cccc(-c4ccn5c(=O)c(-c6ncc(C(=O)O)[nH]6)cnc5c4)c3Cl)c2Cl)ccc1CNC[C@@H]1CCC(=O)N1. The average molecular weight is 711 g/mol. The summed E-state index contributed by atoms with van der Waals surface area (Å²) in [5, 5.41) is 16.4. The van der Waals surface area contributed by atoms with Crippen molar-refractivity contribution in [2.24, 2.45) is 0 Å². The number of H-pyrrole nitrogens is 1. The predicted molar refractivity (Wildman–Crippen MR) is 190 cm³/mol. The summed E-state index contributed by atoms with van der Waals surface area (Å²) in [4.78, 5) is 51.9. The van der Waals surface area contributed by atoms with Crippen molar-refractivity contribution in [3.05, 3.63) is 111 Å². The Kier molecular flexibility index (Phi) is 9.06. The fourth-order valence-corrected chi connectivity index (χ4v) is 6.68. The average Bonchev–Trinajstić information content (AvgIpc) is 3.78. The third kappa shape index (κ3) is 6.31. The molecule has 7 rings (SSSR count). The third-order valence-electron chi connectivity index (χ3n) is 8.57. The van der Waals surface area contributed by atoms with E-state index >= 15 is 0 Å². The highest BCUT2D eigenvalue weighted by Crippen LogP contribution is 2.42. The molecule has 6 aromatic rings. The van der Waals surface area contributed by atoms with Crippen LogP contribution in [0.1, 0.15) is 28.9 Å². The summed E-state index contributed by atoms with van der Waals surface area (Å²) in [6.45, 7) is 1.18. The van der Waals surface area contributed by atoms with Gasteiger partial charge in [0.05, 0.1) is 29.0 Å². The Balaban J connectivity index is 1.17. The highest BCUT2D eigenvalue weighted by Gasteiger charge is 2.21. The molecule has 4 aromatic heterocycles. The molecular weight excluding hydrogens is 681 g/mol. The number of aromatic nitrogens is 5. The van der Waals surface area contributed by atoms with Crippen LogP contribution in [0.2, 0.25) is 10.0 Å². The number of carbonyl (C=O) groups excluding carboxylic acids is 1. The number of hydrogen-bond acceptors (Lipinski definition) is 8. The zero-order valence-electron chi connectivity index (χ0n) is 26.5. The topological polar surface area (TPSA) is 164 Å². The van der Waals surface area contributed by atoms with E-state index in [1.165, 1.54) is 10.6 Å². The Hall–Kier alpha value is -5.56. The molecular formula is C36H29Cl2N7O5. The highest BCUT2D eigenvalue weighted by molar-refractivity contribution is 6.39. The molecule has 1 fully saturated rings. The molecule has 0 bridgehead atoms. The smallest absolute Gasteiger partial charge is 0.353 e. The standard InChI is InChI=1S/C36H29Cl2N7O5/c1-50-34-20(15-39-16-21-9-11-30(46)42-21)8-10-27(44-34)25-7-3-6-24(32(25)38)23-5-2-4-22(31(23)37)19-12-13-45-29(14-19)40-17-26(35(45)47)33-41-18-28(43-33)36(48)49/h2-8,10,12-14,17-18,21,39H,9,11,15-16H2,1H3,(H,41,43)(H,42,46)(H,48,49)/t21-/m0/s1. The van der Waals surface area contributed by atoms with Crippen molar-refractivity contribution in [2.75, 3.05) is 13.7 Å². The van der Waals surface area contributed by atoms with E-state index in [1.54, 1.807) is 25.4 Å². The molecule has 0 aliphatic carbocycles. The van der Waals surface area contributed by atoms with Crippen molar-refractivity contribution in [1.82, 2.24) is 35.0 Å². The lowest BCUT2D eigenvalue weighted by molar-refractivity contribution is -0.119. The summed E-state index contributed by atoms with van der Waals surface area (Å²) in [7, 11) is 1.57. The van der Waals surface area contributed by atoms with Gasteiger partial charge in [0.1, 0.15) is 22.7 Å². The van der Waals surface area contributed by atoms with Gasteiger partial charge in [-0.25, -0.2) is 19.7 Å². The maximum Gasteiger partial charge on any atom is 0.353 e. The van der Waals surface area contributed by atoms with E-state index in [-0.39, 0.29) is 29.0 Å². The number of carboxylic acid groups (broad SMARTS) is 1. The van der Waals surface area contributed by atoms with Crippen LogP contribution < -0.4 is 20.9 Å². The Labute approximate surface area is 295 Å². The van der Waals surface area contributed by atoms with Crippen LogP contribution in [0, 0.1) is 0 Å². The number of methoxy groups -OCH3 is 1. The van der Waals surface area contributed by atoms with E-state index in [1.807, 2.05) is 48.5 Å². The predicted octanol–water partition coefficient (Wildman–Crippen LogP) is 5.86. The highest BCUT2D eigenvalue weighted by atomic mass is 35.5. The van der Waals surface area contributed by atoms with Crippen molar-refractivity contribution in [3.63, 3.8) is 0 Å². The molecule has 1 amide bonds. The maximum atomic E-state index is 13.3. The lowest BCUT2D eigenvalue weighted by atomic mass is 9.97. The number of amides is 1. The van der Waals surface area contributed by atoms with Crippen LogP contribution in [0.5, 0.6) is 5.88 Å². The monoisotopic (exact) mass is 709 g/mol. The minimum Gasteiger partial charge on any atom is -0.481 e. The minimum atomic E-state index is -1.18. The molecule has 0 spiro atoms. The van der Waals surface area contributed by atoms with E-state index in [0.717, 1.165) is 23.7 Å². The molecule has 50 heavy (non-hydrogen) atoms. The van der Waals surface area contributed by atoms with Gasteiger partial charge in [-0.2, -0.15) is 0 Å². The summed E-state index contributed by atoms with van der Waals surface area (Å²) in [6, 6.07) is 18.8. The van der Waals surface area contributed by atoms with Crippen LogP contribution in [-0.4, -0.2) is 61.0 Å². The molecule has 1 atom stereocenters. The third-order valence-corrected chi connectivity index (χ3v) is 9.38. The number of ether oxygens (including phenoxy) is 1. The molecule has 14 heteroatoms. The number of carboxylic acids is 1. The van der Waals surface area contributed by atoms with Gasteiger partial charge in [-0.3, -0.25) is 14.0 Å². The number of pyridine rings is 2. The number of imidazole rings is 1. The number of rotatable bonds is 10. The number of carbonyl (C=O) groups is 2. The fourth-order valence-electron chi connectivity index (χ4n) is 6.01. The molecule has 5 heterocycles. The molecule has 2 aromatic carbocycles. The van der Waals surface area contributed by atoms with Crippen LogP contribution in [0.3, 0.4) is 0 Å². The molecule has 252 valence electrons. The second-order valence-corrected chi connectivity index (χ2v) is 12.5. The maximum absolute atomic E-state index is 13.3. The van der Waals surface area contributed by atoms with Gasteiger partial charge in [0.25, 0.3) is 5.56 Å². The fraction of sp³-hybridized carbons (Fsp3) is 0.167. The van der Waals surface area contributed by atoms with Crippen LogP contribution in [0.15, 0.2) is 84.0 Å². The zero-order valence-corrected chi connectivity index (χ0v) is 28.0. The molecule has 0 saturated carbocycles. The summed E-state index contributed by atoms with van der Waals surface area (Å²) in [5.41, 5.74) is 5.00. The first-order chi connectivity index (χ1) is 24.2. The first-order valence-corrected chi connectivity index (χ1v) is 16.4. The Morgan fingerprint density at radius 1 is 0.980 bits per heavy atom. The van der Waals surface area contributed by atoms with E-state index < -0.39 is 11.5 Å². The number of nitrogens with zero attached hydrogens (tertiary/aromatic N) is 4. The van der Waals surface area contributed by atoms with E-state index in [9.17, 15) is 19.5 Å². The number of aromatic amines is 1. The molecule has 1 aliphatic heterocycles. The number of aromatic carboxylic acids is 1. The lowest BCUT2D eigenvalue weighted by Gasteiger charge is -2.16. The van der Waals surface area contributed by atoms with E-state index in [4.69, 9.17) is 32.9 Å². The van der Waals surface area contributed by atoms with Crippen LogP contribution in [0.4, 0.5) is 0 Å². The summed E-state index contributed by atoms with van der Waals surface area (Å²) >= 11 is 14.1. The second-order valence-electron chi connectivity index (χ2n) is 11.7. The van der Waals surface area contributed by atoms with E-state index in [2.05, 4.69) is 25.6 Å². The van der Waals surface area contributed by atoms with Gasteiger partial charge in [0, 0.05) is 65.8 Å². The van der Waals surface area contributed by atoms with Crippen molar-refractivity contribution < 1.29 is 19.4 Å². The Morgan fingerprint density at radius 3 is 2.42 bits per heavy atom. The molecule has 0 unspecified atom stereocenters. The normalized spacial score (nSPS) is 14.2. The lowest BCUT2D eigenvalue weighted by Crippen LogP contribution is -2.35. The minimum absolute atomic E-state index is 0.0818. The van der Waals surface area contributed by atoms with E-state index in [0.29, 0.717) is 69.0 Å². The van der Waals surface area contributed by atoms with Gasteiger partial charge >= 0.3 is 5.97 Å². The number of hydrogen-bond donors (Lipinski definition) is 4. The molecule has 0 radical (unpaired) electrons. The van der Waals surface area contributed by atoms with Crippen LogP contribution in [-0.2, 0) is 11.3 Å². The largest absolute Gasteiger partial charge is 0.481 e. The van der Waals surface area contributed by atoms with Gasteiger partial charge in [0.2, 0.25) is 11.8 Å². The van der Waals surface area contributed by atoms with Gasteiger partial charge in [-0.1, -0.05) is 65.7 Å². The Bertz CT molecular complexity index is 2360. The second kappa shape index (κ2) is 13.7. The zero-order chi connectivity index (χ0) is 34.9. The number of nitrogens with one attached hydrogen (secondary N) is 3. The van der Waals surface area contributed by atoms with Gasteiger partial charge in [-0.05, 0) is 30.2 Å². The quantitative estimate of drug-likeness (QED) is 0.136.